The normalized spacial score (nSPS) is 15.8. The molecule has 0 saturated carbocycles. The van der Waals surface area contributed by atoms with Gasteiger partial charge in [-0.3, -0.25) is 23.8 Å². The maximum Gasteiger partial charge on any atom is 0.324 e. The third-order valence-electron chi connectivity index (χ3n) is 5.39. The summed E-state index contributed by atoms with van der Waals surface area (Å²) in [5.41, 5.74) is 0. The maximum absolute atomic E-state index is 11.5. The largest absolute Gasteiger partial charge is 0.480 e. The first-order chi connectivity index (χ1) is 13.7. The summed E-state index contributed by atoms with van der Waals surface area (Å²) in [5, 5.41) is 7.09. The van der Waals surface area contributed by atoms with Crippen molar-refractivity contribution in [3.05, 3.63) is 0 Å². The Hall–Kier alpha value is -1.48. The van der Waals surface area contributed by atoms with Gasteiger partial charge >= 0.3 is 5.97 Å². The first-order valence-electron chi connectivity index (χ1n) is 10.8. The van der Waals surface area contributed by atoms with E-state index in [1.807, 2.05) is 0 Å². The molecule has 0 spiro atoms. The van der Waals surface area contributed by atoms with Crippen LogP contribution in [0.25, 0.3) is 0 Å². The average Bonchev–Trinajstić information content (AvgIpc) is 2.95. The van der Waals surface area contributed by atoms with Gasteiger partial charge in [-0.1, -0.05) is 70.6 Å². The topological polar surface area (TPSA) is 129 Å². The number of imide groups is 1. The van der Waals surface area contributed by atoms with Gasteiger partial charge in [0.2, 0.25) is 11.8 Å². The number of carboxylic acids is 1. The number of likely N-dealkylation sites (tertiary alicyclic amines) is 1. The van der Waals surface area contributed by atoms with Crippen molar-refractivity contribution in [1.29, 1.82) is 0 Å². The van der Waals surface area contributed by atoms with Gasteiger partial charge in [-0.15, -0.1) is 0 Å². The second kappa shape index (κ2) is 13.7. The minimum absolute atomic E-state index is 0.0323. The predicted molar refractivity (Wildman–Crippen MR) is 109 cm³/mol. The molecule has 1 aliphatic heterocycles. The molecule has 0 aromatic carbocycles. The molecule has 2 amide bonds. The van der Waals surface area contributed by atoms with Crippen LogP contribution in [0.1, 0.15) is 96.3 Å². The van der Waals surface area contributed by atoms with Crippen LogP contribution in [0, 0.1) is 0 Å². The van der Waals surface area contributed by atoms with Crippen molar-refractivity contribution >= 4 is 27.9 Å². The number of rotatable bonds is 17. The Bertz CT molecular complexity index is 617. The van der Waals surface area contributed by atoms with Crippen LogP contribution >= 0.6 is 0 Å². The van der Waals surface area contributed by atoms with E-state index in [2.05, 4.69) is 0 Å². The fourth-order valence-electron chi connectivity index (χ4n) is 3.64. The van der Waals surface area contributed by atoms with Crippen LogP contribution < -0.4 is 0 Å². The minimum atomic E-state index is -4.52. The highest BCUT2D eigenvalue weighted by atomic mass is 32.2. The summed E-state index contributed by atoms with van der Waals surface area (Å²) in [7, 11) is -4.52. The van der Waals surface area contributed by atoms with Crippen LogP contribution in [0.3, 0.4) is 0 Å². The van der Waals surface area contributed by atoms with Crippen LogP contribution in [-0.2, 0) is 24.5 Å². The Labute approximate surface area is 173 Å². The summed E-state index contributed by atoms with van der Waals surface area (Å²) in [6, 6.07) is 0. The van der Waals surface area contributed by atoms with Gasteiger partial charge in [0.1, 0.15) is 0 Å². The van der Waals surface area contributed by atoms with E-state index < -0.39 is 21.3 Å². The molecular weight excluding hydrogens is 398 g/mol. The number of hydrogen-bond acceptors (Lipinski definition) is 5. The Morgan fingerprint density at radius 3 is 1.55 bits per heavy atom. The van der Waals surface area contributed by atoms with E-state index in [0.29, 0.717) is 25.8 Å². The van der Waals surface area contributed by atoms with Crippen molar-refractivity contribution in [1.82, 2.24) is 4.90 Å². The molecule has 1 heterocycles. The lowest BCUT2D eigenvalue weighted by Gasteiger charge is -2.13. The molecule has 168 valence electrons. The molecule has 1 rings (SSSR count). The van der Waals surface area contributed by atoms with E-state index >= 15 is 0 Å². The molecule has 1 fully saturated rings. The summed E-state index contributed by atoms with van der Waals surface area (Å²) in [5.74, 6) is -1.56. The lowest BCUT2D eigenvalue weighted by atomic mass is 10.0. The smallest absolute Gasteiger partial charge is 0.324 e. The van der Waals surface area contributed by atoms with Crippen molar-refractivity contribution in [3.63, 3.8) is 0 Å². The zero-order valence-corrected chi connectivity index (χ0v) is 18.0. The van der Waals surface area contributed by atoms with Gasteiger partial charge in [-0.25, -0.2) is 0 Å². The minimum Gasteiger partial charge on any atom is -0.480 e. The molecule has 0 bridgehead atoms. The molecule has 8 nitrogen and oxygen atoms in total. The number of nitrogens with zero attached hydrogens (tertiary/aromatic N) is 1. The first kappa shape index (κ1) is 25.6. The third-order valence-corrected chi connectivity index (χ3v) is 6.54. The highest BCUT2D eigenvalue weighted by Gasteiger charge is 2.30. The number of aliphatic carboxylic acids is 1. The van der Waals surface area contributed by atoms with Crippen molar-refractivity contribution < 1.29 is 32.5 Å². The highest BCUT2D eigenvalue weighted by Crippen LogP contribution is 2.16. The summed E-state index contributed by atoms with van der Waals surface area (Å²) >= 11 is 0. The molecule has 9 heteroatoms. The Balaban J connectivity index is 1.87. The maximum atomic E-state index is 11.5. The second-order valence-electron chi connectivity index (χ2n) is 7.81. The quantitative estimate of drug-likeness (QED) is 0.204. The monoisotopic (exact) mass is 433 g/mol. The van der Waals surface area contributed by atoms with Crippen molar-refractivity contribution in [2.45, 2.75) is 102 Å². The van der Waals surface area contributed by atoms with E-state index in [-0.39, 0.29) is 18.2 Å². The number of amides is 2. The summed E-state index contributed by atoms with van der Waals surface area (Å²) < 4.78 is 30.8. The first-order valence-corrected chi connectivity index (χ1v) is 12.3. The van der Waals surface area contributed by atoms with Crippen molar-refractivity contribution in [2.24, 2.45) is 0 Å². The molecule has 0 radical (unpaired) electrons. The molecule has 1 atom stereocenters. The van der Waals surface area contributed by atoms with E-state index in [4.69, 9.17) is 9.66 Å². The molecular formula is C20H35NO7S. The number of unbranched alkanes of at least 4 members (excludes halogenated alkanes) is 11. The average molecular weight is 434 g/mol. The van der Waals surface area contributed by atoms with Gasteiger partial charge in [0.25, 0.3) is 10.1 Å². The highest BCUT2D eigenvalue weighted by molar-refractivity contribution is 7.87. The van der Waals surface area contributed by atoms with Crippen LogP contribution in [-0.4, -0.2) is 52.6 Å². The van der Waals surface area contributed by atoms with Gasteiger partial charge < -0.3 is 5.11 Å². The lowest BCUT2D eigenvalue weighted by Crippen LogP contribution is -2.29. The standard InChI is InChI=1S/C20H35NO7S/c22-18-14-15-19(23)21(18)16-12-10-8-6-4-2-1-3-5-7-9-11-13-17(20(24)25)29(26,27)28/h17H,1-16H2,(H,24,25)(H,26,27,28). The van der Waals surface area contributed by atoms with Gasteiger partial charge in [0.05, 0.1) is 0 Å². The Morgan fingerprint density at radius 2 is 1.17 bits per heavy atom. The fraction of sp³-hybridized carbons (Fsp3) is 0.850. The zero-order valence-electron chi connectivity index (χ0n) is 17.2. The van der Waals surface area contributed by atoms with Crippen molar-refractivity contribution in [3.8, 4) is 0 Å². The molecule has 0 aromatic rings. The molecule has 2 N–H and O–H groups in total. The van der Waals surface area contributed by atoms with Gasteiger partial charge in [0.15, 0.2) is 5.25 Å². The van der Waals surface area contributed by atoms with E-state index in [0.717, 1.165) is 57.8 Å². The van der Waals surface area contributed by atoms with E-state index in [1.165, 1.54) is 17.7 Å². The molecule has 1 aliphatic rings. The Kier molecular flexibility index (Phi) is 12.1. The van der Waals surface area contributed by atoms with Gasteiger partial charge in [-0.05, 0) is 12.8 Å². The predicted octanol–water partition coefficient (Wildman–Crippen LogP) is 3.55. The second-order valence-corrected chi connectivity index (χ2v) is 9.41. The SMILES string of the molecule is O=C(O)C(CCCCCCCCCCCCCCN1C(=O)CCC1=O)S(=O)(=O)O. The number of carbonyl (C=O) groups is 3. The number of carbonyl (C=O) groups excluding carboxylic acids is 2. The lowest BCUT2D eigenvalue weighted by molar-refractivity contribution is -0.139. The summed E-state index contributed by atoms with van der Waals surface area (Å²) in [6.07, 6.45) is 12.7. The van der Waals surface area contributed by atoms with Crippen LogP contribution in [0.15, 0.2) is 0 Å². The van der Waals surface area contributed by atoms with Gasteiger partial charge in [-0.2, -0.15) is 8.42 Å². The van der Waals surface area contributed by atoms with E-state index in [1.54, 1.807) is 0 Å². The molecule has 29 heavy (non-hydrogen) atoms. The Morgan fingerprint density at radius 1 is 0.793 bits per heavy atom. The number of carboxylic acid groups (broad SMARTS) is 1. The van der Waals surface area contributed by atoms with Crippen LogP contribution in [0.2, 0.25) is 0 Å². The summed E-state index contributed by atoms with van der Waals surface area (Å²) in [6.45, 7) is 0.565. The molecule has 0 aliphatic carbocycles. The van der Waals surface area contributed by atoms with E-state index in [9.17, 15) is 22.8 Å². The fourth-order valence-corrected chi connectivity index (χ4v) is 4.36. The van der Waals surface area contributed by atoms with Crippen molar-refractivity contribution in [2.75, 3.05) is 6.54 Å². The van der Waals surface area contributed by atoms with Gasteiger partial charge in [0, 0.05) is 19.4 Å². The third kappa shape index (κ3) is 10.7. The summed E-state index contributed by atoms with van der Waals surface area (Å²) in [4.78, 5) is 35.2. The zero-order chi connectivity index (χ0) is 21.7. The molecule has 1 saturated heterocycles. The van der Waals surface area contributed by atoms with Crippen LogP contribution in [0.4, 0.5) is 0 Å². The molecule has 1 unspecified atom stereocenters. The molecule has 0 aromatic heterocycles. The number of hydrogen-bond donors (Lipinski definition) is 2. The van der Waals surface area contributed by atoms with Crippen LogP contribution in [0.5, 0.6) is 0 Å².